The van der Waals surface area contributed by atoms with E-state index in [-0.39, 0.29) is 22.3 Å². The van der Waals surface area contributed by atoms with Crippen LogP contribution in [0.25, 0.3) is 11.5 Å². The first-order valence-corrected chi connectivity index (χ1v) is 10.3. The number of hydrogen-bond donors (Lipinski definition) is 0. The second-order valence-electron chi connectivity index (χ2n) is 6.87. The zero-order valence-corrected chi connectivity index (χ0v) is 17.6. The molecule has 0 saturated carbocycles. The Kier molecular flexibility index (Phi) is 5.29. The van der Waals surface area contributed by atoms with E-state index in [4.69, 9.17) is 4.42 Å². The standard InChI is InChI=1S/C22H19N5O2S/c1-14-8-10-15(11-9-14)20-24-25-22(29-20)30-13-19(28)16(12-23)21-26(2)17-6-4-5-7-18(17)27(21)3/h4-11H,13H2,1-3H3. The molecule has 7 nitrogen and oxygen atoms in total. The highest BCUT2D eigenvalue weighted by Crippen LogP contribution is 2.40. The molecule has 30 heavy (non-hydrogen) atoms. The molecular formula is C22H19N5O2S. The lowest BCUT2D eigenvalue weighted by Crippen LogP contribution is -2.26. The number of rotatable bonds is 5. The Balaban J connectivity index is 1.51. The van der Waals surface area contributed by atoms with E-state index in [9.17, 15) is 10.1 Å². The lowest BCUT2D eigenvalue weighted by Gasteiger charge is -2.19. The minimum absolute atomic E-state index is 0.0277. The average molecular weight is 417 g/mol. The fraction of sp³-hybridized carbons (Fsp3) is 0.182. The van der Waals surface area contributed by atoms with Crippen LogP contribution in [0.3, 0.4) is 0 Å². The number of nitrogens with zero attached hydrogens (tertiary/aromatic N) is 5. The summed E-state index contributed by atoms with van der Waals surface area (Å²) >= 11 is 1.12. The van der Waals surface area contributed by atoms with Gasteiger partial charge >= 0.3 is 0 Å². The molecule has 1 aliphatic rings. The molecule has 0 radical (unpaired) electrons. The van der Waals surface area contributed by atoms with Gasteiger partial charge < -0.3 is 14.2 Å². The van der Waals surface area contributed by atoms with Crippen LogP contribution in [0.1, 0.15) is 5.56 Å². The van der Waals surface area contributed by atoms with Crippen molar-refractivity contribution >= 4 is 28.9 Å². The quantitative estimate of drug-likeness (QED) is 0.349. The summed E-state index contributed by atoms with van der Waals surface area (Å²) in [5.41, 5.74) is 3.95. The molecule has 0 fully saturated rings. The highest BCUT2D eigenvalue weighted by molar-refractivity contribution is 7.99. The van der Waals surface area contributed by atoms with Crippen LogP contribution in [-0.2, 0) is 4.79 Å². The number of fused-ring (bicyclic) bond motifs is 1. The van der Waals surface area contributed by atoms with Crippen molar-refractivity contribution in [2.75, 3.05) is 29.6 Å². The van der Waals surface area contributed by atoms with E-state index in [1.54, 1.807) is 0 Å². The van der Waals surface area contributed by atoms with E-state index in [0.717, 1.165) is 34.3 Å². The second-order valence-corrected chi connectivity index (χ2v) is 7.79. The van der Waals surface area contributed by atoms with Gasteiger partial charge in [0.1, 0.15) is 17.5 Å². The van der Waals surface area contributed by atoms with Gasteiger partial charge in [0.05, 0.1) is 17.1 Å². The molecular weight excluding hydrogens is 398 g/mol. The first-order chi connectivity index (χ1) is 14.5. The van der Waals surface area contributed by atoms with Gasteiger partial charge in [-0.25, -0.2) is 0 Å². The topological polar surface area (TPSA) is 86.3 Å². The zero-order chi connectivity index (χ0) is 21.3. The number of anilines is 2. The van der Waals surface area contributed by atoms with Crippen LogP contribution in [-0.4, -0.2) is 35.8 Å². The number of para-hydroxylation sites is 2. The number of nitriles is 1. The third-order valence-corrected chi connectivity index (χ3v) is 5.70. The lowest BCUT2D eigenvalue weighted by atomic mass is 10.1. The summed E-state index contributed by atoms with van der Waals surface area (Å²) in [6, 6.07) is 17.6. The largest absolute Gasteiger partial charge is 0.411 e. The third kappa shape index (κ3) is 3.55. The summed E-state index contributed by atoms with van der Waals surface area (Å²) in [5.74, 6) is 0.698. The molecule has 1 aromatic heterocycles. The Labute approximate surface area is 178 Å². The van der Waals surface area contributed by atoms with Crippen molar-refractivity contribution in [3.05, 3.63) is 65.5 Å². The molecule has 0 bridgehead atoms. The number of allylic oxidation sites excluding steroid dienone is 1. The molecule has 0 amide bonds. The summed E-state index contributed by atoms with van der Waals surface area (Å²) in [6.45, 7) is 2.00. The van der Waals surface area contributed by atoms with Crippen molar-refractivity contribution in [3.63, 3.8) is 0 Å². The minimum Gasteiger partial charge on any atom is -0.411 e. The van der Waals surface area contributed by atoms with E-state index in [1.165, 1.54) is 0 Å². The highest BCUT2D eigenvalue weighted by Gasteiger charge is 2.31. The highest BCUT2D eigenvalue weighted by atomic mass is 32.2. The molecule has 0 saturated heterocycles. The van der Waals surface area contributed by atoms with Crippen molar-refractivity contribution in [2.45, 2.75) is 12.1 Å². The molecule has 150 valence electrons. The Hall–Kier alpha value is -3.57. The summed E-state index contributed by atoms with van der Waals surface area (Å²) in [5, 5.41) is 18.0. The maximum atomic E-state index is 12.8. The molecule has 0 spiro atoms. The number of hydrogen-bond acceptors (Lipinski definition) is 8. The molecule has 0 N–H and O–H groups in total. The van der Waals surface area contributed by atoms with E-state index in [0.29, 0.717) is 11.7 Å². The van der Waals surface area contributed by atoms with Crippen molar-refractivity contribution in [3.8, 4) is 17.5 Å². The Bertz CT molecular complexity index is 1150. The number of carbonyl (C=O) groups excluding carboxylic acids is 1. The number of thioether (sulfide) groups is 1. The first-order valence-electron chi connectivity index (χ1n) is 9.27. The molecule has 2 aromatic carbocycles. The maximum absolute atomic E-state index is 12.8. The molecule has 0 aliphatic carbocycles. The number of ketones is 1. The molecule has 0 unspecified atom stereocenters. The van der Waals surface area contributed by atoms with Gasteiger partial charge in [0.25, 0.3) is 5.22 Å². The number of benzene rings is 2. The normalized spacial score (nSPS) is 12.7. The Morgan fingerprint density at radius 2 is 1.70 bits per heavy atom. The van der Waals surface area contributed by atoms with Crippen LogP contribution < -0.4 is 9.80 Å². The van der Waals surface area contributed by atoms with Crippen LogP contribution in [0, 0.1) is 18.3 Å². The molecule has 1 aliphatic heterocycles. The van der Waals surface area contributed by atoms with E-state index < -0.39 is 0 Å². The number of aromatic nitrogens is 2. The van der Waals surface area contributed by atoms with Crippen LogP contribution >= 0.6 is 11.8 Å². The fourth-order valence-corrected chi connectivity index (χ4v) is 3.97. The van der Waals surface area contributed by atoms with Gasteiger partial charge in [0.2, 0.25) is 5.89 Å². The van der Waals surface area contributed by atoms with Gasteiger partial charge in [-0.15, -0.1) is 10.2 Å². The van der Waals surface area contributed by atoms with Crippen LogP contribution in [0.2, 0.25) is 0 Å². The van der Waals surface area contributed by atoms with Gasteiger partial charge in [-0.1, -0.05) is 41.6 Å². The van der Waals surface area contributed by atoms with Gasteiger partial charge in [0.15, 0.2) is 5.78 Å². The number of aryl methyl sites for hydroxylation is 1. The first kappa shape index (κ1) is 19.7. The monoisotopic (exact) mass is 417 g/mol. The Morgan fingerprint density at radius 3 is 2.30 bits per heavy atom. The van der Waals surface area contributed by atoms with Gasteiger partial charge in [-0.05, 0) is 31.2 Å². The lowest BCUT2D eigenvalue weighted by molar-refractivity contribution is -0.112. The smallest absolute Gasteiger partial charge is 0.277 e. The molecule has 3 aromatic rings. The van der Waals surface area contributed by atoms with Crippen LogP contribution in [0.15, 0.2) is 69.6 Å². The van der Waals surface area contributed by atoms with Crippen molar-refractivity contribution in [1.82, 2.24) is 10.2 Å². The molecule has 2 heterocycles. The minimum atomic E-state index is -0.293. The van der Waals surface area contributed by atoms with Crippen LogP contribution in [0.5, 0.6) is 0 Å². The Morgan fingerprint density at radius 1 is 1.07 bits per heavy atom. The number of Topliss-reactive ketones (excluding diaryl/α,β-unsaturated/α-hetero) is 1. The zero-order valence-electron chi connectivity index (χ0n) is 16.8. The summed E-state index contributed by atoms with van der Waals surface area (Å²) in [6.07, 6.45) is 0. The molecule has 0 atom stereocenters. The van der Waals surface area contributed by atoms with Gasteiger partial charge in [-0.2, -0.15) is 5.26 Å². The summed E-state index contributed by atoms with van der Waals surface area (Å²) < 4.78 is 5.66. The van der Waals surface area contributed by atoms with E-state index in [2.05, 4.69) is 16.3 Å². The maximum Gasteiger partial charge on any atom is 0.277 e. The molecule has 4 rings (SSSR count). The predicted molar refractivity (Wildman–Crippen MR) is 116 cm³/mol. The number of carbonyl (C=O) groups is 1. The van der Waals surface area contributed by atoms with Crippen molar-refractivity contribution < 1.29 is 9.21 Å². The average Bonchev–Trinajstić information content (AvgIpc) is 3.33. The van der Waals surface area contributed by atoms with Crippen molar-refractivity contribution in [2.24, 2.45) is 0 Å². The van der Waals surface area contributed by atoms with Gasteiger partial charge in [-0.3, -0.25) is 4.79 Å². The van der Waals surface area contributed by atoms with Crippen LogP contribution in [0.4, 0.5) is 11.4 Å². The van der Waals surface area contributed by atoms with E-state index in [1.807, 2.05) is 79.3 Å². The summed E-state index contributed by atoms with van der Waals surface area (Å²) in [4.78, 5) is 16.6. The second kappa shape index (κ2) is 8.05. The SMILES string of the molecule is Cc1ccc(-c2nnc(SCC(=O)C(C#N)=C3N(C)c4ccccc4N3C)o2)cc1. The summed E-state index contributed by atoms with van der Waals surface area (Å²) in [7, 11) is 3.70. The predicted octanol–water partition coefficient (Wildman–Crippen LogP) is 4.03. The van der Waals surface area contributed by atoms with E-state index >= 15 is 0 Å². The van der Waals surface area contributed by atoms with Gasteiger partial charge in [0, 0.05) is 19.7 Å². The van der Waals surface area contributed by atoms with Crippen molar-refractivity contribution in [1.29, 1.82) is 5.26 Å². The fourth-order valence-electron chi connectivity index (χ4n) is 3.34. The third-order valence-electron chi connectivity index (χ3n) is 4.89. The molecule has 8 heteroatoms.